The van der Waals surface area contributed by atoms with Gasteiger partial charge in [0.2, 0.25) is 0 Å². The maximum atomic E-state index is 13.2. The third-order valence-corrected chi connectivity index (χ3v) is 2.57. The Hall–Kier alpha value is -2.23. The van der Waals surface area contributed by atoms with E-state index >= 15 is 0 Å². The third-order valence-electron chi connectivity index (χ3n) is 2.57. The maximum absolute atomic E-state index is 13.2. The summed E-state index contributed by atoms with van der Waals surface area (Å²) in [7, 11) is 0. The molecular formula is C14H10F2O2. The zero-order chi connectivity index (χ0) is 13.1. The van der Waals surface area contributed by atoms with Crippen LogP contribution in [-0.4, -0.2) is 11.1 Å². The van der Waals surface area contributed by atoms with Crippen molar-refractivity contribution in [2.24, 2.45) is 0 Å². The Morgan fingerprint density at radius 2 is 1.61 bits per heavy atom. The number of rotatable bonds is 3. The number of carboxylic acid groups (broad SMARTS) is 1. The molecule has 92 valence electrons. The third kappa shape index (κ3) is 2.71. The van der Waals surface area contributed by atoms with Crippen LogP contribution in [0.5, 0.6) is 0 Å². The lowest BCUT2D eigenvalue weighted by atomic mass is 9.97. The quantitative estimate of drug-likeness (QED) is 0.905. The van der Waals surface area contributed by atoms with Gasteiger partial charge in [0.1, 0.15) is 11.6 Å². The summed E-state index contributed by atoms with van der Waals surface area (Å²) in [4.78, 5) is 10.7. The molecule has 18 heavy (non-hydrogen) atoms. The minimum absolute atomic E-state index is 0.201. The number of aliphatic carboxylic acids is 1. The summed E-state index contributed by atoms with van der Waals surface area (Å²) in [5, 5.41) is 8.80. The molecule has 0 unspecified atom stereocenters. The fourth-order valence-corrected chi connectivity index (χ4v) is 1.76. The fraction of sp³-hybridized carbons (Fsp3) is 0.0714. The highest BCUT2D eigenvalue weighted by molar-refractivity contribution is 5.76. The summed E-state index contributed by atoms with van der Waals surface area (Å²) in [6.07, 6.45) is -0.201. The van der Waals surface area contributed by atoms with E-state index in [1.54, 1.807) is 0 Å². The van der Waals surface area contributed by atoms with Crippen LogP contribution in [0.2, 0.25) is 0 Å². The lowest BCUT2D eigenvalue weighted by molar-refractivity contribution is -0.136. The average molecular weight is 248 g/mol. The molecule has 0 atom stereocenters. The van der Waals surface area contributed by atoms with Crippen molar-refractivity contribution in [3.8, 4) is 11.1 Å². The van der Waals surface area contributed by atoms with Crippen LogP contribution >= 0.6 is 0 Å². The number of hydrogen-bond acceptors (Lipinski definition) is 1. The van der Waals surface area contributed by atoms with Gasteiger partial charge in [0.25, 0.3) is 0 Å². The molecule has 1 N–H and O–H groups in total. The second kappa shape index (κ2) is 4.96. The Morgan fingerprint density at radius 1 is 1.00 bits per heavy atom. The molecule has 0 aliphatic carbocycles. The van der Waals surface area contributed by atoms with Gasteiger partial charge in [-0.05, 0) is 41.0 Å². The Kier molecular flexibility index (Phi) is 3.37. The highest BCUT2D eigenvalue weighted by Gasteiger charge is 2.10. The Balaban J connectivity index is 2.50. The van der Waals surface area contributed by atoms with E-state index in [0.717, 1.165) is 0 Å². The normalized spacial score (nSPS) is 10.3. The predicted molar refractivity (Wildman–Crippen MR) is 63.1 cm³/mol. The summed E-state index contributed by atoms with van der Waals surface area (Å²) in [5.41, 5.74) is 1.56. The van der Waals surface area contributed by atoms with Gasteiger partial charge < -0.3 is 5.11 Å². The first-order valence-electron chi connectivity index (χ1n) is 5.32. The van der Waals surface area contributed by atoms with E-state index in [0.29, 0.717) is 16.7 Å². The molecule has 2 aromatic rings. The maximum Gasteiger partial charge on any atom is 0.307 e. The summed E-state index contributed by atoms with van der Waals surface area (Å²) in [5.74, 6) is -1.84. The summed E-state index contributed by atoms with van der Waals surface area (Å²) in [6.45, 7) is 0. The molecule has 0 heterocycles. The Morgan fingerprint density at radius 3 is 2.22 bits per heavy atom. The van der Waals surface area contributed by atoms with Crippen LogP contribution < -0.4 is 0 Å². The molecule has 2 rings (SSSR count). The van der Waals surface area contributed by atoms with Crippen LogP contribution in [0.4, 0.5) is 8.78 Å². The molecule has 0 saturated heterocycles. The molecule has 4 heteroatoms. The fourth-order valence-electron chi connectivity index (χ4n) is 1.76. The molecule has 0 aliphatic rings. The highest BCUT2D eigenvalue weighted by atomic mass is 19.1. The zero-order valence-electron chi connectivity index (χ0n) is 9.36. The van der Waals surface area contributed by atoms with Crippen molar-refractivity contribution in [2.75, 3.05) is 0 Å². The number of hydrogen-bond donors (Lipinski definition) is 1. The number of carbonyl (C=O) groups is 1. The summed E-state index contributed by atoms with van der Waals surface area (Å²) < 4.78 is 26.1. The standard InChI is InChI=1S/C14H10F2O2/c15-11-4-1-9(2-5-11)13-8-12(16)6-3-10(13)7-14(17)18/h1-6,8H,7H2,(H,17,18). The van der Waals surface area contributed by atoms with E-state index in [9.17, 15) is 13.6 Å². The van der Waals surface area contributed by atoms with Crippen LogP contribution in [0, 0.1) is 11.6 Å². The smallest absolute Gasteiger partial charge is 0.307 e. The van der Waals surface area contributed by atoms with E-state index in [1.807, 2.05) is 0 Å². The van der Waals surface area contributed by atoms with E-state index in [4.69, 9.17) is 5.11 Å². The van der Waals surface area contributed by atoms with Gasteiger partial charge in [0.05, 0.1) is 6.42 Å². The zero-order valence-corrected chi connectivity index (χ0v) is 9.36. The first-order valence-corrected chi connectivity index (χ1v) is 5.32. The minimum atomic E-state index is -0.995. The van der Waals surface area contributed by atoms with Gasteiger partial charge in [0.15, 0.2) is 0 Å². The predicted octanol–water partition coefficient (Wildman–Crippen LogP) is 3.26. The van der Waals surface area contributed by atoms with Gasteiger partial charge in [-0.15, -0.1) is 0 Å². The van der Waals surface area contributed by atoms with Crippen molar-refractivity contribution in [3.05, 3.63) is 59.7 Å². The van der Waals surface area contributed by atoms with Crippen LogP contribution in [0.25, 0.3) is 11.1 Å². The van der Waals surface area contributed by atoms with Crippen molar-refractivity contribution in [2.45, 2.75) is 6.42 Å². The second-order valence-corrected chi connectivity index (χ2v) is 3.88. The molecule has 0 fully saturated rings. The van der Waals surface area contributed by atoms with Crippen LogP contribution in [0.15, 0.2) is 42.5 Å². The largest absolute Gasteiger partial charge is 0.481 e. The summed E-state index contributed by atoms with van der Waals surface area (Å²) >= 11 is 0. The average Bonchev–Trinajstić information content (AvgIpc) is 2.32. The van der Waals surface area contributed by atoms with Crippen molar-refractivity contribution in [1.29, 1.82) is 0 Å². The van der Waals surface area contributed by atoms with Crippen molar-refractivity contribution in [3.63, 3.8) is 0 Å². The number of benzene rings is 2. The molecule has 2 nitrogen and oxygen atoms in total. The first kappa shape index (κ1) is 12.2. The highest BCUT2D eigenvalue weighted by Crippen LogP contribution is 2.25. The van der Waals surface area contributed by atoms with Crippen molar-refractivity contribution >= 4 is 5.97 Å². The monoisotopic (exact) mass is 248 g/mol. The SMILES string of the molecule is O=C(O)Cc1ccc(F)cc1-c1ccc(F)cc1. The summed E-state index contributed by atoms with van der Waals surface area (Å²) in [6, 6.07) is 9.40. The first-order chi connectivity index (χ1) is 8.56. The second-order valence-electron chi connectivity index (χ2n) is 3.88. The topological polar surface area (TPSA) is 37.3 Å². The minimum Gasteiger partial charge on any atom is -0.481 e. The molecular weight excluding hydrogens is 238 g/mol. The van der Waals surface area contributed by atoms with Gasteiger partial charge in [0, 0.05) is 0 Å². The molecule has 0 spiro atoms. The number of carboxylic acids is 1. The van der Waals surface area contributed by atoms with E-state index in [-0.39, 0.29) is 6.42 Å². The molecule has 0 bridgehead atoms. The molecule has 0 amide bonds. The van der Waals surface area contributed by atoms with E-state index < -0.39 is 17.6 Å². The lowest BCUT2D eigenvalue weighted by Gasteiger charge is -2.08. The van der Waals surface area contributed by atoms with Crippen molar-refractivity contribution in [1.82, 2.24) is 0 Å². The Bertz CT molecular complexity index is 577. The number of halogens is 2. The van der Waals surface area contributed by atoms with Crippen LogP contribution in [-0.2, 0) is 11.2 Å². The Labute approximate surface area is 103 Å². The molecule has 0 aromatic heterocycles. The van der Waals surface area contributed by atoms with Gasteiger partial charge in [-0.2, -0.15) is 0 Å². The molecule has 2 aromatic carbocycles. The van der Waals surface area contributed by atoms with Gasteiger partial charge in [-0.25, -0.2) is 8.78 Å². The molecule has 0 radical (unpaired) electrons. The van der Waals surface area contributed by atoms with E-state index in [1.165, 1.54) is 42.5 Å². The van der Waals surface area contributed by atoms with Gasteiger partial charge in [-0.3, -0.25) is 4.79 Å². The van der Waals surface area contributed by atoms with Crippen molar-refractivity contribution < 1.29 is 18.7 Å². The van der Waals surface area contributed by atoms with Crippen LogP contribution in [0.3, 0.4) is 0 Å². The van der Waals surface area contributed by atoms with Gasteiger partial charge in [-0.1, -0.05) is 18.2 Å². The van der Waals surface area contributed by atoms with E-state index in [2.05, 4.69) is 0 Å². The van der Waals surface area contributed by atoms with Crippen LogP contribution in [0.1, 0.15) is 5.56 Å². The molecule has 0 saturated carbocycles. The lowest BCUT2D eigenvalue weighted by Crippen LogP contribution is -2.02. The van der Waals surface area contributed by atoms with Gasteiger partial charge >= 0.3 is 5.97 Å². The molecule has 0 aliphatic heterocycles.